The topological polar surface area (TPSA) is 150 Å². The van der Waals surface area contributed by atoms with Crippen LogP contribution in [0.3, 0.4) is 0 Å². The molecule has 1 aliphatic rings. The number of methoxy groups -OCH3 is 2. The van der Waals surface area contributed by atoms with Gasteiger partial charge in [-0.05, 0) is 54.7 Å². The Hall–Kier alpha value is -4.19. The van der Waals surface area contributed by atoms with Gasteiger partial charge in [0.05, 0.1) is 25.6 Å². The second-order valence-corrected chi connectivity index (χ2v) is 9.54. The Labute approximate surface area is 222 Å². The summed E-state index contributed by atoms with van der Waals surface area (Å²) in [5.74, 6) is -2.37. The summed E-state index contributed by atoms with van der Waals surface area (Å²) in [6.07, 6.45) is 3.49. The summed E-state index contributed by atoms with van der Waals surface area (Å²) in [7, 11) is 2.88. The molecule has 1 heterocycles. The molecule has 0 saturated heterocycles. The van der Waals surface area contributed by atoms with E-state index in [4.69, 9.17) is 20.9 Å². The lowest BCUT2D eigenvalue weighted by Crippen LogP contribution is -2.46. The number of hydrogen-bond acceptors (Lipinski definition) is 8. The monoisotopic (exact) mass is 541 g/mol. The number of halogens is 1. The summed E-state index contributed by atoms with van der Waals surface area (Å²) in [6.45, 7) is 0. The van der Waals surface area contributed by atoms with E-state index in [2.05, 4.69) is 9.69 Å². The highest BCUT2D eigenvalue weighted by atomic mass is 32.1. The predicted octanol–water partition coefficient (Wildman–Crippen LogP) is 3.43. The number of rotatable bonds is 9. The lowest BCUT2D eigenvalue weighted by atomic mass is 10.00. The third-order valence-electron chi connectivity index (χ3n) is 6.43. The van der Waals surface area contributed by atoms with Crippen LogP contribution in [0.15, 0.2) is 42.5 Å². The van der Waals surface area contributed by atoms with Crippen LogP contribution >= 0.6 is 11.5 Å². The van der Waals surface area contributed by atoms with Crippen LogP contribution < -0.4 is 31.2 Å². The van der Waals surface area contributed by atoms with Gasteiger partial charge in [0.2, 0.25) is 5.91 Å². The Morgan fingerprint density at radius 2 is 1.84 bits per heavy atom. The van der Waals surface area contributed by atoms with Crippen molar-refractivity contribution in [2.24, 2.45) is 5.73 Å². The number of carbonyl (C=O) groups is 3. The second kappa shape index (κ2) is 11.5. The molecule has 1 aliphatic carbocycles. The number of hydrogen-bond donors (Lipinski definition) is 3. The fourth-order valence-electron chi connectivity index (χ4n) is 4.55. The van der Waals surface area contributed by atoms with Crippen LogP contribution in [-0.2, 0) is 4.79 Å². The Balaban J connectivity index is 1.94. The highest BCUT2D eigenvalue weighted by molar-refractivity contribution is 7.09. The first-order valence-electron chi connectivity index (χ1n) is 11.9. The van der Waals surface area contributed by atoms with Crippen LogP contribution in [0.4, 0.5) is 15.8 Å². The number of aromatic nitrogens is 1. The lowest BCUT2D eigenvalue weighted by molar-refractivity contribution is -0.123. The van der Waals surface area contributed by atoms with Crippen LogP contribution in [0.25, 0.3) is 0 Å². The molecule has 1 aromatic heterocycles. The maximum Gasteiger partial charge on any atom is 0.273 e. The first-order valence-corrected chi connectivity index (χ1v) is 12.7. The number of amides is 3. The minimum absolute atomic E-state index is 0.103. The van der Waals surface area contributed by atoms with Gasteiger partial charge < -0.3 is 26.3 Å². The molecule has 3 aromatic rings. The van der Waals surface area contributed by atoms with Crippen molar-refractivity contribution in [2.45, 2.75) is 37.8 Å². The highest BCUT2D eigenvalue weighted by Crippen LogP contribution is 2.39. The number of carbonyl (C=O) groups excluding carboxylic acids is 3. The Morgan fingerprint density at radius 1 is 1.13 bits per heavy atom. The Bertz CT molecular complexity index is 1360. The standard InChI is InChI=1S/C26H28FN5O5S/c1-36-15-11-12-19(37-2)16(13-15)22(25(34)30-14-7-3-4-8-14)32(18-10-6-5-9-17(18)27)26(35)23-20(28)21(24(29)33)31-38-23/h5-6,9-14,22H,3-4,7-8,28H2,1-2H3,(H2,29,33)(H,30,34)/t22-/m1/s1. The van der Waals surface area contributed by atoms with Gasteiger partial charge >= 0.3 is 0 Å². The molecule has 5 N–H and O–H groups in total. The fourth-order valence-corrected chi connectivity index (χ4v) is 5.29. The van der Waals surface area contributed by atoms with Gasteiger partial charge in [0, 0.05) is 11.6 Å². The number of anilines is 2. The normalized spacial score (nSPS) is 14.1. The number of nitrogens with two attached hydrogens (primary N) is 2. The van der Waals surface area contributed by atoms with Gasteiger partial charge in [0.1, 0.15) is 28.2 Å². The summed E-state index contributed by atoms with van der Waals surface area (Å²) >= 11 is 0.639. The van der Waals surface area contributed by atoms with Crippen molar-refractivity contribution in [2.75, 3.05) is 24.9 Å². The fraction of sp³-hybridized carbons (Fsp3) is 0.308. The van der Waals surface area contributed by atoms with E-state index in [1.165, 1.54) is 38.5 Å². The maximum atomic E-state index is 15.3. The van der Waals surface area contributed by atoms with E-state index in [9.17, 15) is 14.4 Å². The molecule has 10 nitrogen and oxygen atoms in total. The molecule has 0 radical (unpaired) electrons. The number of primary amides is 1. The van der Waals surface area contributed by atoms with Crippen LogP contribution in [0.1, 0.15) is 57.4 Å². The van der Waals surface area contributed by atoms with E-state index in [0.717, 1.165) is 30.6 Å². The maximum absolute atomic E-state index is 15.3. The van der Waals surface area contributed by atoms with Crippen molar-refractivity contribution in [1.29, 1.82) is 0 Å². The van der Waals surface area contributed by atoms with E-state index in [0.29, 0.717) is 17.3 Å². The summed E-state index contributed by atoms with van der Waals surface area (Å²) in [5, 5.41) is 3.01. The zero-order valence-corrected chi connectivity index (χ0v) is 21.7. The zero-order chi connectivity index (χ0) is 27.4. The van der Waals surface area contributed by atoms with Crippen molar-refractivity contribution in [3.8, 4) is 11.5 Å². The largest absolute Gasteiger partial charge is 0.497 e. The quantitative estimate of drug-likeness (QED) is 0.376. The molecule has 2 aromatic carbocycles. The number of para-hydroxylation sites is 1. The van der Waals surface area contributed by atoms with E-state index in [1.807, 2.05) is 0 Å². The summed E-state index contributed by atoms with van der Waals surface area (Å²) in [6, 6.07) is 8.86. The van der Waals surface area contributed by atoms with Gasteiger partial charge in [-0.3, -0.25) is 19.3 Å². The molecule has 3 amide bonds. The van der Waals surface area contributed by atoms with E-state index in [1.54, 1.807) is 18.2 Å². The number of benzene rings is 2. The molecule has 4 rings (SSSR count). The molecule has 0 spiro atoms. The number of nitrogen functional groups attached to an aromatic ring is 1. The van der Waals surface area contributed by atoms with E-state index in [-0.39, 0.29) is 39.3 Å². The Morgan fingerprint density at radius 3 is 2.45 bits per heavy atom. The highest BCUT2D eigenvalue weighted by Gasteiger charge is 2.39. The minimum atomic E-state index is -1.40. The smallest absolute Gasteiger partial charge is 0.273 e. The molecular formula is C26H28FN5O5S. The molecule has 0 aliphatic heterocycles. The summed E-state index contributed by atoms with van der Waals surface area (Å²) in [4.78, 5) is 40.7. The first kappa shape index (κ1) is 26.9. The number of nitrogens with one attached hydrogen (secondary N) is 1. The van der Waals surface area contributed by atoms with Crippen molar-refractivity contribution >= 4 is 40.6 Å². The van der Waals surface area contributed by atoms with Gasteiger partial charge in [-0.15, -0.1) is 0 Å². The molecule has 0 bridgehead atoms. The summed E-state index contributed by atoms with van der Waals surface area (Å²) in [5.41, 5.74) is 11.0. The van der Waals surface area contributed by atoms with Crippen molar-refractivity contribution in [3.63, 3.8) is 0 Å². The third kappa shape index (κ3) is 5.25. The zero-order valence-electron chi connectivity index (χ0n) is 20.9. The average molecular weight is 542 g/mol. The molecular weight excluding hydrogens is 513 g/mol. The van der Waals surface area contributed by atoms with Gasteiger partial charge in [0.25, 0.3) is 11.8 Å². The van der Waals surface area contributed by atoms with Crippen LogP contribution in [0, 0.1) is 5.82 Å². The van der Waals surface area contributed by atoms with Crippen molar-refractivity contribution in [3.05, 3.63) is 64.4 Å². The third-order valence-corrected chi connectivity index (χ3v) is 7.28. The first-order chi connectivity index (χ1) is 18.3. The molecule has 1 fully saturated rings. The van der Waals surface area contributed by atoms with Crippen molar-refractivity contribution < 1.29 is 28.2 Å². The SMILES string of the molecule is COc1ccc(OC)c([C@H](C(=O)NC2CCCC2)N(C(=O)c2snc(C(N)=O)c2N)c2ccccc2F)c1. The van der Waals surface area contributed by atoms with Crippen LogP contribution in [0.2, 0.25) is 0 Å². The van der Waals surface area contributed by atoms with Crippen LogP contribution in [-0.4, -0.2) is 42.4 Å². The summed E-state index contributed by atoms with van der Waals surface area (Å²) < 4.78 is 30.2. The minimum Gasteiger partial charge on any atom is -0.497 e. The molecule has 12 heteroatoms. The molecule has 1 saturated carbocycles. The van der Waals surface area contributed by atoms with Gasteiger partial charge in [-0.2, -0.15) is 4.37 Å². The number of ether oxygens (including phenoxy) is 2. The van der Waals surface area contributed by atoms with Crippen molar-refractivity contribution in [1.82, 2.24) is 9.69 Å². The number of nitrogens with zero attached hydrogens (tertiary/aromatic N) is 2. The van der Waals surface area contributed by atoms with Gasteiger partial charge in [0.15, 0.2) is 5.69 Å². The van der Waals surface area contributed by atoms with E-state index >= 15 is 4.39 Å². The molecule has 0 unspecified atom stereocenters. The lowest BCUT2D eigenvalue weighted by Gasteiger charge is -2.33. The van der Waals surface area contributed by atoms with Gasteiger partial charge in [-0.25, -0.2) is 4.39 Å². The predicted molar refractivity (Wildman–Crippen MR) is 141 cm³/mol. The van der Waals surface area contributed by atoms with Crippen LogP contribution in [0.5, 0.6) is 11.5 Å². The Kier molecular flexibility index (Phi) is 8.10. The molecule has 200 valence electrons. The molecule has 38 heavy (non-hydrogen) atoms. The average Bonchev–Trinajstić information content (AvgIpc) is 3.56. The van der Waals surface area contributed by atoms with E-state index < -0.39 is 29.6 Å². The van der Waals surface area contributed by atoms with Gasteiger partial charge in [-0.1, -0.05) is 25.0 Å². The molecule has 1 atom stereocenters. The second-order valence-electron chi connectivity index (χ2n) is 8.77.